The predicted octanol–water partition coefficient (Wildman–Crippen LogP) is 1.95. The predicted molar refractivity (Wildman–Crippen MR) is 168 cm³/mol. The van der Waals surface area contributed by atoms with Crippen molar-refractivity contribution in [2.24, 2.45) is 10.8 Å². The quantitative estimate of drug-likeness (QED) is 0.0893. The average Bonchev–Trinajstić information content (AvgIpc) is 3.06. The number of nitrogens with zero attached hydrogens (tertiary/aromatic N) is 1. The number of hydrogen-bond acceptors (Lipinski definition) is 13. The number of carbonyl (C=O) groups excluding carboxylic acids is 3. The van der Waals surface area contributed by atoms with Gasteiger partial charge in [0.15, 0.2) is 12.1 Å². The molecule has 3 aromatic carbocycles. The Hall–Kier alpha value is -4.86. The van der Waals surface area contributed by atoms with Crippen LogP contribution in [-0.4, -0.2) is 86.0 Å². The standard InChI is InChI=1S/C34H35N3O11/c1-14-28(39)20(35)11-23(47-14)48-22-13-34(45,15(2)36-37-33(44)16-7-9-17(38)10-8-16)12-19-25(22)32(43)27-26(30(19)41)29(40)18-5-4-6-21(46-3)24(18)31(27)42/h4-10,14,20,22-23,28,38-39,41,43,45H,11-13,35H2,1-3H3,(H,37,44)/b36-15+. The molecular weight excluding hydrogens is 626 g/mol. The smallest absolute Gasteiger partial charge is 0.271 e. The number of nitrogens with two attached hydrogens (primary N) is 1. The lowest BCUT2D eigenvalue weighted by molar-refractivity contribution is -0.245. The molecule has 6 atom stereocenters. The second kappa shape index (κ2) is 12.3. The molecule has 252 valence electrons. The number of ketones is 2. The second-order valence-corrected chi connectivity index (χ2v) is 12.3. The number of hydrogen-bond donors (Lipinski definition) is 7. The Morgan fingerprint density at radius 2 is 1.73 bits per heavy atom. The molecule has 1 aliphatic heterocycles. The number of rotatable bonds is 6. The monoisotopic (exact) mass is 661 g/mol. The highest BCUT2D eigenvalue weighted by Crippen LogP contribution is 2.52. The van der Waals surface area contributed by atoms with Crippen LogP contribution in [0, 0.1) is 0 Å². The van der Waals surface area contributed by atoms with Gasteiger partial charge in [-0.3, -0.25) is 14.4 Å². The summed E-state index contributed by atoms with van der Waals surface area (Å²) < 4.78 is 17.4. The molecule has 14 nitrogen and oxygen atoms in total. The molecule has 0 spiro atoms. The van der Waals surface area contributed by atoms with Gasteiger partial charge in [-0.05, 0) is 44.2 Å². The van der Waals surface area contributed by atoms with Gasteiger partial charge in [0.2, 0.25) is 5.78 Å². The molecule has 1 heterocycles. The van der Waals surface area contributed by atoms with E-state index in [0.717, 1.165) is 0 Å². The molecule has 3 aliphatic rings. The summed E-state index contributed by atoms with van der Waals surface area (Å²) in [5.41, 5.74) is 5.61. The van der Waals surface area contributed by atoms with Crippen LogP contribution in [0.1, 0.15) is 86.1 Å². The van der Waals surface area contributed by atoms with E-state index in [-0.39, 0.29) is 57.9 Å². The average molecular weight is 662 g/mol. The first-order valence-corrected chi connectivity index (χ1v) is 15.2. The molecule has 0 aromatic heterocycles. The van der Waals surface area contributed by atoms with E-state index >= 15 is 0 Å². The Morgan fingerprint density at radius 3 is 2.40 bits per heavy atom. The van der Waals surface area contributed by atoms with Gasteiger partial charge in [0.05, 0.1) is 47.8 Å². The number of aliphatic hydroxyl groups excluding tert-OH is 1. The number of phenols is 3. The lowest BCUT2D eigenvalue weighted by Crippen LogP contribution is -2.52. The summed E-state index contributed by atoms with van der Waals surface area (Å²) in [4.78, 5) is 40.4. The molecule has 0 radical (unpaired) electrons. The molecule has 0 saturated carbocycles. The van der Waals surface area contributed by atoms with Crippen LogP contribution in [0.25, 0.3) is 0 Å². The van der Waals surface area contributed by atoms with Crippen molar-refractivity contribution < 1.29 is 54.1 Å². The maximum absolute atomic E-state index is 13.9. The maximum atomic E-state index is 13.9. The molecule has 6 rings (SSSR count). The molecule has 1 fully saturated rings. The summed E-state index contributed by atoms with van der Waals surface area (Å²) in [6.45, 7) is 3.05. The molecule has 48 heavy (non-hydrogen) atoms. The second-order valence-electron chi connectivity index (χ2n) is 12.3. The third-order valence-electron chi connectivity index (χ3n) is 9.27. The zero-order valence-corrected chi connectivity index (χ0v) is 26.3. The fraction of sp³-hybridized carbons (Fsp3) is 0.353. The number of hydrazone groups is 1. The van der Waals surface area contributed by atoms with Crippen molar-refractivity contribution in [1.82, 2.24) is 5.43 Å². The first kappa shape index (κ1) is 33.1. The van der Waals surface area contributed by atoms with Crippen molar-refractivity contribution in [3.8, 4) is 23.0 Å². The van der Waals surface area contributed by atoms with Gasteiger partial charge in [-0.2, -0.15) is 5.10 Å². The topological polar surface area (TPSA) is 230 Å². The van der Waals surface area contributed by atoms with E-state index in [9.17, 15) is 39.9 Å². The van der Waals surface area contributed by atoms with Crippen LogP contribution in [0.15, 0.2) is 47.6 Å². The molecule has 3 aromatic rings. The van der Waals surface area contributed by atoms with Gasteiger partial charge < -0.3 is 45.5 Å². The summed E-state index contributed by atoms with van der Waals surface area (Å²) in [7, 11) is 1.33. The number of aliphatic hydroxyl groups is 2. The largest absolute Gasteiger partial charge is 0.508 e. The molecule has 6 unspecified atom stereocenters. The minimum atomic E-state index is -1.93. The third-order valence-corrected chi connectivity index (χ3v) is 9.27. The van der Waals surface area contributed by atoms with Gasteiger partial charge in [0, 0.05) is 47.6 Å². The third kappa shape index (κ3) is 5.46. The van der Waals surface area contributed by atoms with Crippen LogP contribution < -0.4 is 15.9 Å². The summed E-state index contributed by atoms with van der Waals surface area (Å²) in [5.74, 6) is -3.32. The highest BCUT2D eigenvalue weighted by molar-refractivity contribution is 6.31. The van der Waals surface area contributed by atoms with Crippen molar-refractivity contribution in [3.63, 3.8) is 0 Å². The van der Waals surface area contributed by atoms with E-state index in [1.807, 2.05) is 0 Å². The van der Waals surface area contributed by atoms with Gasteiger partial charge in [-0.1, -0.05) is 12.1 Å². The highest BCUT2D eigenvalue weighted by Gasteiger charge is 2.49. The molecule has 0 bridgehead atoms. The Labute approximate surface area is 274 Å². The number of amides is 1. The Balaban J connectivity index is 1.44. The van der Waals surface area contributed by atoms with Crippen molar-refractivity contribution in [3.05, 3.63) is 81.4 Å². The van der Waals surface area contributed by atoms with Crippen LogP contribution in [0.2, 0.25) is 0 Å². The number of nitrogens with one attached hydrogen (secondary N) is 1. The minimum absolute atomic E-state index is 0.00646. The van der Waals surface area contributed by atoms with E-state index in [0.29, 0.717) is 0 Å². The van der Waals surface area contributed by atoms with Gasteiger partial charge in [-0.15, -0.1) is 0 Å². The molecular formula is C34H35N3O11. The lowest BCUT2D eigenvalue weighted by Gasteiger charge is -2.42. The van der Waals surface area contributed by atoms with E-state index in [2.05, 4.69) is 10.5 Å². The molecule has 14 heteroatoms. The van der Waals surface area contributed by atoms with Crippen LogP contribution in [0.3, 0.4) is 0 Å². The van der Waals surface area contributed by atoms with Crippen molar-refractivity contribution >= 4 is 23.2 Å². The number of carbonyl (C=O) groups is 3. The maximum Gasteiger partial charge on any atom is 0.271 e. The van der Waals surface area contributed by atoms with Crippen molar-refractivity contribution in [2.75, 3.05) is 7.11 Å². The Kier molecular flexibility index (Phi) is 8.47. The summed E-state index contributed by atoms with van der Waals surface area (Å²) in [5, 5.41) is 59.5. The number of ether oxygens (including phenoxy) is 3. The first-order valence-electron chi connectivity index (χ1n) is 15.2. The molecule has 2 aliphatic carbocycles. The van der Waals surface area contributed by atoms with Crippen LogP contribution in [0.5, 0.6) is 23.0 Å². The van der Waals surface area contributed by atoms with E-state index in [4.69, 9.17) is 19.9 Å². The van der Waals surface area contributed by atoms with Crippen LogP contribution >= 0.6 is 0 Å². The van der Waals surface area contributed by atoms with Crippen molar-refractivity contribution in [1.29, 1.82) is 0 Å². The van der Waals surface area contributed by atoms with E-state index < -0.39 is 82.8 Å². The summed E-state index contributed by atoms with van der Waals surface area (Å²) in [6.07, 6.45) is -4.68. The summed E-state index contributed by atoms with van der Waals surface area (Å²) in [6, 6.07) is 9.12. The number of aromatic hydroxyl groups is 3. The Bertz CT molecular complexity index is 1850. The van der Waals surface area contributed by atoms with Gasteiger partial charge >= 0.3 is 0 Å². The van der Waals surface area contributed by atoms with Crippen LogP contribution in [-0.2, 0) is 15.9 Å². The zero-order valence-electron chi connectivity index (χ0n) is 26.3. The fourth-order valence-electron chi connectivity index (χ4n) is 6.58. The normalized spacial score (nSPS) is 26.7. The molecule has 1 saturated heterocycles. The summed E-state index contributed by atoms with van der Waals surface area (Å²) >= 11 is 0. The van der Waals surface area contributed by atoms with Gasteiger partial charge in [0.25, 0.3) is 5.91 Å². The number of benzene rings is 3. The highest BCUT2D eigenvalue weighted by atomic mass is 16.7. The Morgan fingerprint density at radius 1 is 1.04 bits per heavy atom. The van der Waals surface area contributed by atoms with Crippen molar-refractivity contribution in [2.45, 2.75) is 69.4 Å². The van der Waals surface area contributed by atoms with Gasteiger partial charge in [-0.25, -0.2) is 5.43 Å². The zero-order chi connectivity index (χ0) is 34.7. The first-order chi connectivity index (χ1) is 22.7. The molecule has 1 amide bonds. The number of fused-ring (bicyclic) bond motifs is 3. The SMILES string of the molecule is COc1cccc2c1C(=O)c1c(O)c3c(c(O)c1C2=O)CC(O)(/C(C)=N/NC(=O)c1ccc(O)cc1)CC3OC1CC(N)C(O)C(C)O1. The molecule has 8 N–H and O–H groups in total. The fourth-order valence-corrected chi connectivity index (χ4v) is 6.58. The number of phenolic OH excluding ortho intramolecular Hbond substituents is 3. The van der Waals surface area contributed by atoms with Gasteiger partial charge in [0.1, 0.15) is 28.6 Å². The minimum Gasteiger partial charge on any atom is -0.508 e. The van der Waals surface area contributed by atoms with E-state index in [1.165, 1.54) is 56.5 Å². The van der Waals surface area contributed by atoms with Crippen LogP contribution in [0.4, 0.5) is 0 Å². The number of methoxy groups -OCH3 is 1. The lowest BCUT2D eigenvalue weighted by atomic mass is 9.71. The van der Waals surface area contributed by atoms with E-state index in [1.54, 1.807) is 6.92 Å².